The van der Waals surface area contributed by atoms with E-state index in [1.165, 1.54) is 10.4 Å². The molecule has 1 fully saturated rings. The molecule has 1 atom stereocenters. The summed E-state index contributed by atoms with van der Waals surface area (Å²) in [7, 11) is 0. The Morgan fingerprint density at radius 1 is 1.32 bits per heavy atom. The zero-order valence-corrected chi connectivity index (χ0v) is 12.6. The molecule has 0 aromatic carbocycles. The van der Waals surface area contributed by atoms with Crippen LogP contribution in [0, 0.1) is 0 Å². The molecule has 3 rings (SSSR count). The predicted molar refractivity (Wildman–Crippen MR) is 81.3 cm³/mol. The fourth-order valence-corrected chi connectivity index (χ4v) is 4.01. The van der Waals surface area contributed by atoms with Gasteiger partial charge < -0.3 is 10.6 Å². The molecule has 5 heteroatoms. The molecule has 1 aliphatic heterocycles. The van der Waals surface area contributed by atoms with Gasteiger partial charge in [0.2, 0.25) is 5.91 Å². The highest BCUT2D eigenvalue weighted by molar-refractivity contribution is 7.10. The van der Waals surface area contributed by atoms with Crippen molar-refractivity contribution in [3.05, 3.63) is 21.9 Å². The van der Waals surface area contributed by atoms with Gasteiger partial charge >= 0.3 is 0 Å². The van der Waals surface area contributed by atoms with Gasteiger partial charge in [-0.3, -0.25) is 4.79 Å². The molecule has 1 saturated heterocycles. The van der Waals surface area contributed by atoms with Crippen molar-refractivity contribution in [1.29, 1.82) is 0 Å². The first-order valence-corrected chi connectivity index (χ1v) is 7.80. The van der Waals surface area contributed by atoms with Crippen LogP contribution in [0.5, 0.6) is 0 Å². The third kappa shape index (κ3) is 3.30. The molecule has 2 N–H and O–H groups in total. The number of piperidine rings is 1. The second kappa shape index (κ2) is 6.73. The molecule has 1 aliphatic carbocycles. The second-order valence-corrected chi connectivity index (χ2v) is 6.28. The van der Waals surface area contributed by atoms with Gasteiger partial charge in [-0.25, -0.2) is 0 Å². The number of hydrogen-bond donors (Lipinski definition) is 2. The van der Waals surface area contributed by atoms with E-state index in [-0.39, 0.29) is 24.2 Å². The average Bonchev–Trinajstić information content (AvgIpc) is 2.87. The molecule has 19 heavy (non-hydrogen) atoms. The normalized spacial score (nSPS) is 23.3. The first-order valence-electron chi connectivity index (χ1n) is 6.92. The molecule has 3 nitrogen and oxygen atoms in total. The highest BCUT2D eigenvalue weighted by Crippen LogP contribution is 2.35. The summed E-state index contributed by atoms with van der Waals surface area (Å²) < 4.78 is 0. The maximum absolute atomic E-state index is 12.4. The van der Waals surface area contributed by atoms with E-state index < -0.39 is 0 Å². The molecule has 0 radical (unpaired) electrons. The Labute approximate surface area is 124 Å². The average molecular weight is 301 g/mol. The third-order valence-corrected chi connectivity index (χ3v) is 5.05. The number of nitrogens with one attached hydrogen (secondary N) is 2. The van der Waals surface area contributed by atoms with Crippen LogP contribution < -0.4 is 10.6 Å². The lowest BCUT2D eigenvalue weighted by atomic mass is 9.87. The first kappa shape index (κ1) is 14.8. The lowest BCUT2D eigenvalue weighted by Crippen LogP contribution is -2.44. The van der Waals surface area contributed by atoms with Crippen LogP contribution >= 0.6 is 23.7 Å². The summed E-state index contributed by atoms with van der Waals surface area (Å²) in [6, 6.07) is 2.52. The van der Waals surface area contributed by atoms with E-state index in [9.17, 15) is 4.79 Å². The molecule has 2 heterocycles. The van der Waals surface area contributed by atoms with Gasteiger partial charge in [0.15, 0.2) is 0 Å². The zero-order valence-electron chi connectivity index (χ0n) is 11.0. The summed E-state index contributed by atoms with van der Waals surface area (Å²) in [5.41, 5.74) is 1.29. The van der Waals surface area contributed by atoms with E-state index in [1.807, 2.05) is 0 Å². The SMILES string of the molecule is Cl.O=C(NC1CCNCC1)C1CCCc2sccc21. The second-order valence-electron chi connectivity index (χ2n) is 5.28. The summed E-state index contributed by atoms with van der Waals surface area (Å²) >= 11 is 1.80. The number of fused-ring (bicyclic) bond motifs is 1. The van der Waals surface area contributed by atoms with Crippen LogP contribution in [-0.4, -0.2) is 25.0 Å². The number of thiophene rings is 1. The van der Waals surface area contributed by atoms with Gasteiger partial charge in [0.05, 0.1) is 5.92 Å². The number of amides is 1. The molecular formula is C14H21ClN2OS. The lowest BCUT2D eigenvalue weighted by molar-refractivity contribution is -0.123. The Morgan fingerprint density at radius 3 is 2.89 bits per heavy atom. The molecule has 106 valence electrons. The standard InChI is InChI=1S/C14H20N2OS.ClH/c17-14(16-10-4-7-15-8-5-10)12-2-1-3-13-11(12)6-9-18-13;/h6,9-10,12,15H,1-5,7-8H2,(H,16,17);1H. The lowest BCUT2D eigenvalue weighted by Gasteiger charge is -2.27. The highest BCUT2D eigenvalue weighted by atomic mass is 35.5. The van der Waals surface area contributed by atoms with Gasteiger partial charge in [-0.15, -0.1) is 23.7 Å². The van der Waals surface area contributed by atoms with Gasteiger partial charge in [0, 0.05) is 10.9 Å². The van der Waals surface area contributed by atoms with Gasteiger partial charge in [-0.2, -0.15) is 0 Å². The maximum Gasteiger partial charge on any atom is 0.227 e. The van der Waals surface area contributed by atoms with E-state index in [0.29, 0.717) is 6.04 Å². The Balaban J connectivity index is 0.00000133. The van der Waals surface area contributed by atoms with Gasteiger partial charge in [-0.05, 0) is 62.2 Å². The quantitative estimate of drug-likeness (QED) is 0.881. The predicted octanol–water partition coefficient (Wildman–Crippen LogP) is 2.46. The maximum atomic E-state index is 12.4. The number of halogens is 1. The van der Waals surface area contributed by atoms with Crippen LogP contribution in [0.4, 0.5) is 0 Å². The van der Waals surface area contributed by atoms with Crippen LogP contribution in [0.1, 0.15) is 42.0 Å². The smallest absolute Gasteiger partial charge is 0.227 e. The number of rotatable bonds is 2. The van der Waals surface area contributed by atoms with Crippen molar-refractivity contribution in [2.45, 2.75) is 44.1 Å². The molecule has 0 spiro atoms. The topological polar surface area (TPSA) is 41.1 Å². The van der Waals surface area contributed by atoms with Crippen molar-refractivity contribution in [2.75, 3.05) is 13.1 Å². The van der Waals surface area contributed by atoms with Gasteiger partial charge in [0.25, 0.3) is 0 Å². The van der Waals surface area contributed by atoms with E-state index in [1.54, 1.807) is 11.3 Å². The largest absolute Gasteiger partial charge is 0.353 e. The van der Waals surface area contributed by atoms with Crippen LogP contribution in [0.3, 0.4) is 0 Å². The van der Waals surface area contributed by atoms with E-state index in [0.717, 1.165) is 45.2 Å². The number of carbonyl (C=O) groups is 1. The summed E-state index contributed by atoms with van der Waals surface area (Å²) in [6.07, 6.45) is 5.45. The Hall–Kier alpha value is -0.580. The summed E-state index contributed by atoms with van der Waals surface area (Å²) in [5.74, 6) is 0.358. The molecule has 1 unspecified atom stereocenters. The third-order valence-electron chi connectivity index (χ3n) is 4.05. The molecule has 1 amide bonds. The Morgan fingerprint density at radius 2 is 2.11 bits per heavy atom. The van der Waals surface area contributed by atoms with Gasteiger partial charge in [0.1, 0.15) is 0 Å². The minimum atomic E-state index is 0. The summed E-state index contributed by atoms with van der Waals surface area (Å²) in [6.45, 7) is 2.05. The highest BCUT2D eigenvalue weighted by Gasteiger charge is 2.28. The number of carbonyl (C=O) groups excluding carboxylic acids is 1. The Kier molecular flexibility index (Phi) is 5.25. The minimum Gasteiger partial charge on any atom is -0.353 e. The molecular weight excluding hydrogens is 280 g/mol. The Bertz CT molecular complexity index is 429. The van der Waals surface area contributed by atoms with Crippen molar-refractivity contribution in [1.82, 2.24) is 10.6 Å². The van der Waals surface area contributed by atoms with E-state index in [2.05, 4.69) is 22.1 Å². The summed E-state index contributed by atoms with van der Waals surface area (Å²) in [4.78, 5) is 13.8. The van der Waals surface area contributed by atoms with Crippen molar-refractivity contribution < 1.29 is 4.79 Å². The fourth-order valence-electron chi connectivity index (χ4n) is 3.03. The number of hydrogen-bond acceptors (Lipinski definition) is 3. The summed E-state index contributed by atoms with van der Waals surface area (Å²) in [5, 5.41) is 8.70. The van der Waals surface area contributed by atoms with E-state index in [4.69, 9.17) is 0 Å². The van der Waals surface area contributed by atoms with Crippen LogP contribution in [0.2, 0.25) is 0 Å². The fraction of sp³-hybridized carbons (Fsp3) is 0.643. The van der Waals surface area contributed by atoms with Crippen molar-refractivity contribution in [2.24, 2.45) is 0 Å². The van der Waals surface area contributed by atoms with Crippen LogP contribution in [0.15, 0.2) is 11.4 Å². The van der Waals surface area contributed by atoms with Crippen LogP contribution in [-0.2, 0) is 11.2 Å². The first-order chi connectivity index (χ1) is 8.84. The van der Waals surface area contributed by atoms with Gasteiger partial charge in [-0.1, -0.05) is 0 Å². The number of aryl methyl sites for hydroxylation is 1. The van der Waals surface area contributed by atoms with Crippen LogP contribution in [0.25, 0.3) is 0 Å². The monoisotopic (exact) mass is 300 g/mol. The molecule has 0 bridgehead atoms. The van der Waals surface area contributed by atoms with Crippen molar-refractivity contribution >= 4 is 29.7 Å². The zero-order chi connectivity index (χ0) is 12.4. The molecule has 2 aliphatic rings. The van der Waals surface area contributed by atoms with Crippen molar-refractivity contribution in [3.8, 4) is 0 Å². The molecule has 1 aromatic rings. The molecule has 0 saturated carbocycles. The van der Waals surface area contributed by atoms with Crippen molar-refractivity contribution in [3.63, 3.8) is 0 Å². The minimum absolute atomic E-state index is 0. The molecule has 1 aromatic heterocycles. The van der Waals surface area contributed by atoms with E-state index >= 15 is 0 Å².